The topological polar surface area (TPSA) is 140 Å². The van der Waals surface area contributed by atoms with Crippen LogP contribution < -0.4 is 30.3 Å². The van der Waals surface area contributed by atoms with Crippen molar-refractivity contribution in [3.05, 3.63) is 46.1 Å². The first-order chi connectivity index (χ1) is 22.4. The lowest BCUT2D eigenvalue weighted by Crippen LogP contribution is -2.46. The Morgan fingerprint density at radius 3 is 2.70 bits per heavy atom. The summed E-state index contributed by atoms with van der Waals surface area (Å²) in [5.74, 6) is 2.58. The Morgan fingerprint density at radius 1 is 1.11 bits per heavy atom. The predicted molar refractivity (Wildman–Crippen MR) is 174 cm³/mol. The van der Waals surface area contributed by atoms with E-state index in [2.05, 4.69) is 35.6 Å². The summed E-state index contributed by atoms with van der Waals surface area (Å²) < 4.78 is 13.3. The minimum atomic E-state index is -0.110. The summed E-state index contributed by atoms with van der Waals surface area (Å²) in [4.78, 5) is 42.4. The van der Waals surface area contributed by atoms with E-state index in [0.717, 1.165) is 60.9 Å². The minimum Gasteiger partial charge on any atom is -0.497 e. The van der Waals surface area contributed by atoms with Gasteiger partial charge in [0.05, 0.1) is 19.8 Å². The zero-order valence-corrected chi connectivity index (χ0v) is 27.2. The predicted octanol–water partition coefficient (Wildman–Crippen LogP) is 3.86. The van der Waals surface area contributed by atoms with Gasteiger partial charge >= 0.3 is 0 Å². The van der Waals surface area contributed by atoms with Gasteiger partial charge in [0.1, 0.15) is 22.8 Å². The van der Waals surface area contributed by atoms with Gasteiger partial charge in [-0.2, -0.15) is 0 Å². The number of rotatable bonds is 12. The number of ether oxygens (including phenoxy) is 2. The molecule has 3 aromatic rings. The maximum absolute atomic E-state index is 13.7. The summed E-state index contributed by atoms with van der Waals surface area (Å²) in [6, 6.07) is 5.66. The van der Waals surface area contributed by atoms with E-state index < -0.39 is 0 Å². The fourth-order valence-electron chi connectivity index (χ4n) is 6.60. The Balaban J connectivity index is 1.20. The lowest BCUT2D eigenvalue weighted by Gasteiger charge is -2.36. The summed E-state index contributed by atoms with van der Waals surface area (Å²) in [5.41, 5.74) is 2.55. The summed E-state index contributed by atoms with van der Waals surface area (Å²) in [6.45, 7) is 1.72. The van der Waals surface area contributed by atoms with E-state index in [0.29, 0.717) is 66.4 Å². The van der Waals surface area contributed by atoms with Crippen molar-refractivity contribution in [2.24, 2.45) is 11.8 Å². The molecule has 3 heterocycles. The second-order valence-electron chi connectivity index (χ2n) is 12.9. The van der Waals surface area contributed by atoms with E-state index in [-0.39, 0.29) is 35.7 Å². The fraction of sp³-hybridized carbons (Fsp3) is 0.545. The number of aryl methyl sites for hydroxylation is 1. The van der Waals surface area contributed by atoms with Gasteiger partial charge in [0.15, 0.2) is 0 Å². The van der Waals surface area contributed by atoms with Crippen molar-refractivity contribution >= 4 is 40.0 Å². The van der Waals surface area contributed by atoms with Crippen LogP contribution in [0.25, 0.3) is 0 Å². The molecular formula is C33H41N7O5S. The number of piperidine rings is 1. The fourth-order valence-corrected chi connectivity index (χ4v) is 7.84. The third-order valence-electron chi connectivity index (χ3n) is 9.60. The number of fused-ring (bicyclic) bond motifs is 1. The summed E-state index contributed by atoms with van der Waals surface area (Å²) in [6.07, 6.45) is 9.21. The van der Waals surface area contributed by atoms with E-state index in [1.165, 1.54) is 0 Å². The molecule has 2 atom stereocenters. The van der Waals surface area contributed by atoms with Crippen LogP contribution in [-0.2, 0) is 29.0 Å². The van der Waals surface area contributed by atoms with E-state index in [4.69, 9.17) is 9.47 Å². The Morgan fingerprint density at radius 2 is 1.96 bits per heavy atom. The summed E-state index contributed by atoms with van der Waals surface area (Å²) >= 11 is 1.54. The summed E-state index contributed by atoms with van der Waals surface area (Å²) in [7, 11) is 3.26. The molecule has 0 radical (unpaired) electrons. The van der Waals surface area contributed by atoms with Gasteiger partial charge in [0.2, 0.25) is 17.8 Å². The number of benzene rings is 1. The number of amides is 3. The van der Waals surface area contributed by atoms with Crippen LogP contribution in [0, 0.1) is 11.8 Å². The van der Waals surface area contributed by atoms with Crippen LogP contribution >= 0.6 is 11.3 Å². The number of carbonyl (C=O) groups excluding carboxylic acids is 3. The Kier molecular flexibility index (Phi) is 8.58. The molecule has 1 saturated heterocycles. The Labute approximate surface area is 272 Å². The maximum atomic E-state index is 13.7. The number of hydrogen-bond donors (Lipinski definition) is 3. The van der Waals surface area contributed by atoms with Crippen LogP contribution in [0.4, 0.5) is 10.9 Å². The van der Waals surface area contributed by atoms with Crippen LogP contribution in [0.2, 0.25) is 0 Å². The molecule has 0 bridgehead atoms. The average Bonchev–Trinajstić information content (AvgIpc) is 4.00. The number of nitrogens with zero attached hydrogens (tertiary/aromatic N) is 4. The van der Waals surface area contributed by atoms with Crippen molar-refractivity contribution in [1.82, 2.24) is 25.4 Å². The van der Waals surface area contributed by atoms with Gasteiger partial charge < -0.3 is 30.3 Å². The molecule has 4 aliphatic rings. The highest BCUT2D eigenvalue weighted by Gasteiger charge is 2.36. The zero-order chi connectivity index (χ0) is 31.8. The largest absolute Gasteiger partial charge is 0.497 e. The third-order valence-corrected chi connectivity index (χ3v) is 10.8. The number of carbonyl (C=O) groups is 3. The molecule has 244 valence electrons. The lowest BCUT2D eigenvalue weighted by molar-refractivity contribution is -0.122. The molecule has 3 amide bonds. The second-order valence-corrected chi connectivity index (χ2v) is 14.0. The van der Waals surface area contributed by atoms with Crippen LogP contribution in [0.1, 0.15) is 77.3 Å². The zero-order valence-electron chi connectivity index (χ0n) is 26.3. The van der Waals surface area contributed by atoms with Crippen molar-refractivity contribution in [2.75, 3.05) is 37.5 Å². The van der Waals surface area contributed by atoms with E-state index in [9.17, 15) is 14.4 Å². The van der Waals surface area contributed by atoms with E-state index in [1.807, 2.05) is 18.2 Å². The molecule has 1 unspecified atom stereocenters. The van der Waals surface area contributed by atoms with E-state index >= 15 is 0 Å². The van der Waals surface area contributed by atoms with Crippen molar-refractivity contribution in [1.29, 1.82) is 0 Å². The molecule has 3 fully saturated rings. The first kappa shape index (κ1) is 30.5. The quantitative estimate of drug-likeness (QED) is 0.269. The monoisotopic (exact) mass is 647 g/mol. The molecule has 13 heteroatoms. The van der Waals surface area contributed by atoms with Gasteiger partial charge in [-0.15, -0.1) is 21.5 Å². The average molecular weight is 648 g/mol. The Bertz CT molecular complexity index is 1630. The number of nitrogens with one attached hydrogen (secondary N) is 3. The minimum absolute atomic E-state index is 0.00764. The van der Waals surface area contributed by atoms with Crippen molar-refractivity contribution < 1.29 is 23.9 Å². The van der Waals surface area contributed by atoms with Crippen LogP contribution in [0.5, 0.6) is 11.5 Å². The Hall–Kier alpha value is -4.13. The molecule has 7 rings (SSSR count). The molecular weight excluding hydrogens is 606 g/mol. The molecule has 3 aliphatic carbocycles. The molecule has 1 aliphatic heterocycles. The number of anilines is 2. The van der Waals surface area contributed by atoms with E-state index in [1.54, 1.807) is 31.9 Å². The lowest BCUT2D eigenvalue weighted by atomic mass is 9.91. The normalized spacial score (nSPS) is 20.8. The maximum Gasteiger partial charge on any atom is 0.254 e. The van der Waals surface area contributed by atoms with Crippen LogP contribution in [0.3, 0.4) is 0 Å². The summed E-state index contributed by atoms with van der Waals surface area (Å²) in [5, 5.41) is 18.9. The highest BCUT2D eigenvalue weighted by molar-refractivity contribution is 7.17. The number of hydrogen-bond acceptors (Lipinski definition) is 9. The third kappa shape index (κ3) is 6.42. The smallest absolute Gasteiger partial charge is 0.254 e. The molecule has 3 N–H and O–H groups in total. The highest BCUT2D eigenvalue weighted by Crippen LogP contribution is 2.43. The van der Waals surface area contributed by atoms with Crippen molar-refractivity contribution in [2.45, 2.75) is 76.4 Å². The van der Waals surface area contributed by atoms with Crippen LogP contribution in [0.15, 0.2) is 24.5 Å². The van der Waals surface area contributed by atoms with Gasteiger partial charge in [-0.05, 0) is 75.0 Å². The standard InChI is InChI=1S/C33H41N7O5S/c1-44-24-9-7-21(26(15-24)45-2)17-39(23-11-12-34-28(41)14-23)33-38-36-18-40(33)22-8-10-27-25(13-22)29(31(43)35-16-19-3-4-19)32(46-27)37-30(42)20-5-6-20/h7,9,15,18-20,22-23H,3-6,8,10-14,16-17H2,1-2H3,(H,34,41)(H,35,43)(H,37,42)/t22-,23?/m0/s1. The molecule has 0 spiro atoms. The number of thiophene rings is 1. The highest BCUT2D eigenvalue weighted by atomic mass is 32.1. The number of aromatic nitrogens is 3. The molecule has 12 nitrogen and oxygen atoms in total. The SMILES string of the molecule is COc1ccc(CN(c2nncn2[C@H]2CCc3sc(NC(=O)C4CC4)c(C(=O)NCC4CC4)c3C2)C2CCNC(=O)C2)c(OC)c1. The van der Waals surface area contributed by atoms with Crippen molar-refractivity contribution in [3.8, 4) is 11.5 Å². The van der Waals surface area contributed by atoms with Gasteiger partial charge in [-0.25, -0.2) is 0 Å². The first-order valence-corrected chi connectivity index (χ1v) is 17.1. The van der Waals surface area contributed by atoms with Gasteiger partial charge in [0.25, 0.3) is 5.91 Å². The van der Waals surface area contributed by atoms with Gasteiger partial charge in [-0.1, -0.05) is 0 Å². The molecule has 2 saturated carbocycles. The molecule has 46 heavy (non-hydrogen) atoms. The van der Waals surface area contributed by atoms with Gasteiger partial charge in [-0.3, -0.25) is 19.0 Å². The van der Waals surface area contributed by atoms with Crippen LogP contribution in [-0.4, -0.2) is 65.8 Å². The second kappa shape index (κ2) is 12.9. The number of methoxy groups -OCH3 is 2. The van der Waals surface area contributed by atoms with Crippen molar-refractivity contribution in [3.63, 3.8) is 0 Å². The first-order valence-electron chi connectivity index (χ1n) is 16.3. The molecule has 2 aromatic heterocycles. The van der Waals surface area contributed by atoms with Gasteiger partial charge in [0, 0.05) is 60.6 Å². The molecule has 1 aromatic carbocycles.